The topological polar surface area (TPSA) is 21.3 Å². The molecular weight excluding hydrogens is 186 g/mol. The smallest absolute Gasteiger partial charge is 0.0835 e. The Hall–Kier alpha value is -0.520. The Balaban J connectivity index is 4.70. The van der Waals surface area contributed by atoms with Crippen LogP contribution in [0.2, 0.25) is 0 Å². The van der Waals surface area contributed by atoms with Crippen molar-refractivity contribution in [3.8, 4) is 11.8 Å². The lowest BCUT2D eigenvalue weighted by Crippen LogP contribution is -2.51. The molecule has 0 spiro atoms. The van der Waals surface area contributed by atoms with Gasteiger partial charge in [-0.1, -0.05) is 20.8 Å². The summed E-state index contributed by atoms with van der Waals surface area (Å²) < 4.78 is 5.72. The van der Waals surface area contributed by atoms with Gasteiger partial charge in [0, 0.05) is 19.6 Å². The molecule has 15 heavy (non-hydrogen) atoms. The molecule has 0 bridgehead atoms. The van der Waals surface area contributed by atoms with Gasteiger partial charge in [-0.2, -0.15) is 0 Å². The highest BCUT2D eigenvalue weighted by molar-refractivity contribution is 5.03. The summed E-state index contributed by atoms with van der Waals surface area (Å²) in [6, 6.07) is 0.329. The molecule has 1 atom stereocenters. The SMILES string of the molecule is CC#CCC(NCC)C(CC)(CC)OC. The lowest BCUT2D eigenvalue weighted by molar-refractivity contribution is -0.0456. The molecule has 0 saturated heterocycles. The number of nitrogens with one attached hydrogen (secondary N) is 1. The van der Waals surface area contributed by atoms with Gasteiger partial charge in [0.1, 0.15) is 0 Å². The van der Waals surface area contributed by atoms with E-state index in [0.29, 0.717) is 6.04 Å². The number of likely N-dealkylation sites (N-methyl/N-ethyl adjacent to an activating group) is 1. The molecule has 0 saturated carbocycles. The first-order chi connectivity index (χ1) is 7.20. The first-order valence-electron chi connectivity index (χ1n) is 5.88. The Morgan fingerprint density at radius 2 is 1.87 bits per heavy atom. The largest absolute Gasteiger partial charge is 0.377 e. The van der Waals surface area contributed by atoms with Crippen LogP contribution in [0.3, 0.4) is 0 Å². The minimum absolute atomic E-state index is 0.0696. The molecule has 0 aliphatic rings. The van der Waals surface area contributed by atoms with Crippen molar-refractivity contribution in [2.45, 2.75) is 58.6 Å². The molecule has 2 nitrogen and oxygen atoms in total. The quantitative estimate of drug-likeness (QED) is 0.654. The van der Waals surface area contributed by atoms with Crippen LogP contribution in [0, 0.1) is 11.8 Å². The zero-order valence-electron chi connectivity index (χ0n) is 10.8. The van der Waals surface area contributed by atoms with E-state index < -0.39 is 0 Å². The van der Waals surface area contributed by atoms with Crippen LogP contribution in [0.4, 0.5) is 0 Å². The second-order valence-corrected chi connectivity index (χ2v) is 3.72. The van der Waals surface area contributed by atoms with Gasteiger partial charge in [0.05, 0.1) is 5.60 Å². The van der Waals surface area contributed by atoms with Crippen LogP contribution >= 0.6 is 0 Å². The third kappa shape index (κ3) is 3.85. The standard InChI is InChI=1S/C13H25NO/c1-6-10-11-12(14-9-4)13(7-2,8-3)15-5/h12,14H,7-9,11H2,1-5H3. The number of hydrogen-bond acceptors (Lipinski definition) is 2. The van der Waals surface area contributed by atoms with Crippen LogP contribution in [0.15, 0.2) is 0 Å². The lowest BCUT2D eigenvalue weighted by Gasteiger charge is -2.38. The molecule has 0 aliphatic heterocycles. The second-order valence-electron chi connectivity index (χ2n) is 3.72. The minimum Gasteiger partial charge on any atom is -0.377 e. The third-order valence-corrected chi connectivity index (χ3v) is 3.17. The van der Waals surface area contributed by atoms with Gasteiger partial charge in [0.2, 0.25) is 0 Å². The van der Waals surface area contributed by atoms with E-state index in [-0.39, 0.29) is 5.60 Å². The van der Waals surface area contributed by atoms with Gasteiger partial charge in [-0.25, -0.2) is 0 Å². The highest BCUT2D eigenvalue weighted by atomic mass is 16.5. The molecular formula is C13H25NO. The first-order valence-corrected chi connectivity index (χ1v) is 5.88. The van der Waals surface area contributed by atoms with Crippen molar-refractivity contribution in [2.24, 2.45) is 0 Å². The third-order valence-electron chi connectivity index (χ3n) is 3.17. The van der Waals surface area contributed by atoms with E-state index in [2.05, 4.69) is 37.9 Å². The maximum absolute atomic E-state index is 5.72. The van der Waals surface area contributed by atoms with E-state index in [1.165, 1.54) is 0 Å². The average molecular weight is 211 g/mol. The molecule has 2 heteroatoms. The molecule has 0 heterocycles. The summed E-state index contributed by atoms with van der Waals surface area (Å²) in [5.74, 6) is 6.10. The van der Waals surface area contributed by atoms with Crippen molar-refractivity contribution in [3.05, 3.63) is 0 Å². The van der Waals surface area contributed by atoms with Gasteiger partial charge in [-0.3, -0.25) is 0 Å². The van der Waals surface area contributed by atoms with Crippen LogP contribution < -0.4 is 5.32 Å². The van der Waals surface area contributed by atoms with Crippen molar-refractivity contribution in [3.63, 3.8) is 0 Å². The van der Waals surface area contributed by atoms with E-state index in [9.17, 15) is 0 Å². The van der Waals surface area contributed by atoms with Crippen LogP contribution in [0.5, 0.6) is 0 Å². The summed E-state index contributed by atoms with van der Waals surface area (Å²) in [7, 11) is 1.80. The van der Waals surface area contributed by atoms with E-state index in [4.69, 9.17) is 4.74 Å². The molecule has 0 aromatic rings. The normalized spacial score (nSPS) is 13.1. The van der Waals surface area contributed by atoms with Crippen LogP contribution in [0.1, 0.15) is 47.0 Å². The molecule has 1 N–H and O–H groups in total. The highest BCUT2D eigenvalue weighted by Crippen LogP contribution is 2.25. The maximum atomic E-state index is 5.72. The molecule has 0 rings (SSSR count). The van der Waals surface area contributed by atoms with E-state index >= 15 is 0 Å². The monoisotopic (exact) mass is 211 g/mol. The second kappa shape index (κ2) is 7.73. The molecule has 1 unspecified atom stereocenters. The number of ether oxygens (including phenoxy) is 1. The minimum atomic E-state index is -0.0696. The molecule has 0 amide bonds. The predicted octanol–water partition coefficient (Wildman–Crippen LogP) is 2.58. The van der Waals surface area contributed by atoms with Crippen LogP contribution in [0.25, 0.3) is 0 Å². The predicted molar refractivity (Wildman–Crippen MR) is 65.9 cm³/mol. The number of methoxy groups -OCH3 is 1. The van der Waals surface area contributed by atoms with Crippen molar-refractivity contribution < 1.29 is 4.74 Å². The summed E-state index contributed by atoms with van der Waals surface area (Å²) >= 11 is 0. The molecule has 88 valence electrons. The Kier molecular flexibility index (Phi) is 7.46. The summed E-state index contributed by atoms with van der Waals surface area (Å²) in [4.78, 5) is 0. The zero-order valence-corrected chi connectivity index (χ0v) is 10.8. The Morgan fingerprint density at radius 1 is 1.27 bits per heavy atom. The van der Waals surface area contributed by atoms with Crippen molar-refractivity contribution >= 4 is 0 Å². The summed E-state index contributed by atoms with van der Waals surface area (Å²) in [6.45, 7) is 9.32. The van der Waals surface area contributed by atoms with Gasteiger partial charge in [-0.05, 0) is 26.3 Å². The fraction of sp³-hybridized carbons (Fsp3) is 0.846. The fourth-order valence-corrected chi connectivity index (χ4v) is 2.07. The number of rotatable bonds is 7. The van der Waals surface area contributed by atoms with Crippen molar-refractivity contribution in [1.82, 2.24) is 5.32 Å². The van der Waals surface area contributed by atoms with Gasteiger partial charge < -0.3 is 10.1 Å². The Labute approximate surface area is 94.8 Å². The molecule has 0 radical (unpaired) electrons. The molecule has 0 fully saturated rings. The fourth-order valence-electron chi connectivity index (χ4n) is 2.07. The number of hydrogen-bond donors (Lipinski definition) is 1. The highest BCUT2D eigenvalue weighted by Gasteiger charge is 2.34. The van der Waals surface area contributed by atoms with E-state index in [1.807, 2.05) is 6.92 Å². The Bertz CT molecular complexity index is 202. The summed E-state index contributed by atoms with van der Waals surface area (Å²) in [6.07, 6.45) is 2.89. The van der Waals surface area contributed by atoms with E-state index in [1.54, 1.807) is 7.11 Å². The van der Waals surface area contributed by atoms with E-state index in [0.717, 1.165) is 25.8 Å². The molecule has 0 aromatic carbocycles. The summed E-state index contributed by atoms with van der Waals surface area (Å²) in [5.41, 5.74) is -0.0696. The van der Waals surface area contributed by atoms with Gasteiger partial charge >= 0.3 is 0 Å². The van der Waals surface area contributed by atoms with Gasteiger partial charge in [0.25, 0.3) is 0 Å². The van der Waals surface area contributed by atoms with Crippen molar-refractivity contribution in [2.75, 3.05) is 13.7 Å². The maximum Gasteiger partial charge on any atom is 0.0835 e. The molecule has 0 aliphatic carbocycles. The van der Waals surface area contributed by atoms with Gasteiger partial charge in [0.15, 0.2) is 0 Å². The molecule has 0 aromatic heterocycles. The first kappa shape index (κ1) is 14.5. The zero-order chi connectivity index (χ0) is 11.7. The van der Waals surface area contributed by atoms with Crippen LogP contribution in [-0.2, 0) is 4.74 Å². The van der Waals surface area contributed by atoms with Gasteiger partial charge in [-0.15, -0.1) is 11.8 Å². The lowest BCUT2D eigenvalue weighted by atomic mass is 9.86. The Morgan fingerprint density at radius 3 is 2.20 bits per heavy atom. The van der Waals surface area contributed by atoms with Crippen LogP contribution in [-0.4, -0.2) is 25.3 Å². The average Bonchev–Trinajstić information content (AvgIpc) is 2.28. The summed E-state index contributed by atoms with van der Waals surface area (Å²) in [5, 5.41) is 3.48. The van der Waals surface area contributed by atoms with Crippen molar-refractivity contribution in [1.29, 1.82) is 0 Å².